The molecule has 2 heterocycles. The van der Waals surface area contributed by atoms with Gasteiger partial charge >= 0.3 is 0 Å². The average molecular weight is 243 g/mol. The summed E-state index contributed by atoms with van der Waals surface area (Å²) in [6, 6.07) is 10.4. The number of hydrogen-bond acceptors (Lipinski definition) is 2. The van der Waals surface area contributed by atoms with E-state index in [1.165, 1.54) is 5.56 Å². The van der Waals surface area contributed by atoms with Crippen LogP contribution in [0.4, 0.5) is 0 Å². The maximum absolute atomic E-state index is 12.5. The van der Waals surface area contributed by atoms with E-state index in [-0.39, 0.29) is 17.7 Å². The number of carbonyl (C=O) groups is 1. The van der Waals surface area contributed by atoms with Crippen LogP contribution in [0.3, 0.4) is 0 Å². The average Bonchev–Trinajstić information content (AvgIpc) is 2.72. The molecule has 2 saturated heterocycles. The Bertz CT molecular complexity index is 500. The van der Waals surface area contributed by atoms with Crippen LogP contribution in [0, 0.1) is 11.8 Å². The largest absolute Gasteiger partial charge is 0.353 e. The molecule has 0 bridgehead atoms. The third-order valence-corrected chi connectivity index (χ3v) is 5.02. The molecule has 18 heavy (non-hydrogen) atoms. The lowest BCUT2D eigenvalue weighted by atomic mass is 9.71. The number of fused-ring (bicyclic) bond motifs is 3. The fourth-order valence-electron chi connectivity index (χ4n) is 3.90. The zero-order chi connectivity index (χ0) is 12.3. The van der Waals surface area contributed by atoms with Crippen molar-refractivity contribution in [2.24, 2.45) is 11.8 Å². The van der Waals surface area contributed by atoms with Gasteiger partial charge in [-0.3, -0.25) is 4.79 Å². The van der Waals surface area contributed by atoms with Crippen molar-refractivity contribution in [3.63, 3.8) is 0 Å². The van der Waals surface area contributed by atoms with Gasteiger partial charge in [0.05, 0.1) is 12.6 Å². The van der Waals surface area contributed by atoms with Gasteiger partial charge in [0.25, 0.3) is 0 Å². The zero-order valence-electron chi connectivity index (χ0n) is 10.5. The molecular formula is C15H17NO2. The summed E-state index contributed by atoms with van der Waals surface area (Å²) in [6.07, 6.45) is 2.17. The van der Waals surface area contributed by atoms with Crippen LogP contribution in [0.25, 0.3) is 0 Å². The minimum Gasteiger partial charge on any atom is -0.353 e. The smallest absolute Gasteiger partial charge is 0.228 e. The number of hydrogen-bond donors (Lipinski definition) is 0. The lowest BCUT2D eigenvalue weighted by molar-refractivity contribution is -0.138. The minimum atomic E-state index is -0.347. The molecule has 3 aliphatic rings. The molecule has 3 heteroatoms. The summed E-state index contributed by atoms with van der Waals surface area (Å²) in [5.74, 6) is 0.945. The van der Waals surface area contributed by atoms with E-state index in [9.17, 15) is 4.79 Å². The number of carbonyl (C=O) groups excluding carboxylic acids is 1. The van der Waals surface area contributed by atoms with Crippen molar-refractivity contribution in [1.82, 2.24) is 4.90 Å². The number of ether oxygens (including phenoxy) is 1. The molecule has 4 rings (SSSR count). The number of benzene rings is 1. The van der Waals surface area contributed by atoms with Crippen LogP contribution in [0.5, 0.6) is 0 Å². The van der Waals surface area contributed by atoms with Crippen molar-refractivity contribution in [2.45, 2.75) is 31.5 Å². The maximum atomic E-state index is 12.5. The third kappa shape index (κ3) is 1.11. The highest BCUT2D eigenvalue weighted by Gasteiger charge is 2.65. The van der Waals surface area contributed by atoms with E-state index in [2.05, 4.69) is 19.1 Å². The highest BCUT2D eigenvalue weighted by molar-refractivity contribution is 5.84. The summed E-state index contributed by atoms with van der Waals surface area (Å²) in [5, 5.41) is 0. The Kier molecular flexibility index (Phi) is 1.97. The first kappa shape index (κ1) is 10.6. The van der Waals surface area contributed by atoms with Gasteiger partial charge in [0.15, 0.2) is 0 Å². The van der Waals surface area contributed by atoms with Gasteiger partial charge in [-0.25, -0.2) is 0 Å². The maximum Gasteiger partial charge on any atom is 0.228 e. The molecular weight excluding hydrogens is 226 g/mol. The molecule has 1 aromatic carbocycles. The second-order valence-electron chi connectivity index (χ2n) is 5.79. The fourth-order valence-corrected chi connectivity index (χ4v) is 3.90. The molecule has 0 radical (unpaired) electrons. The molecule has 1 saturated carbocycles. The van der Waals surface area contributed by atoms with Gasteiger partial charge < -0.3 is 9.64 Å². The summed E-state index contributed by atoms with van der Waals surface area (Å²) in [4.78, 5) is 14.5. The van der Waals surface area contributed by atoms with E-state index in [0.717, 1.165) is 12.8 Å². The van der Waals surface area contributed by atoms with Gasteiger partial charge in [-0.15, -0.1) is 0 Å². The van der Waals surface area contributed by atoms with Crippen molar-refractivity contribution in [1.29, 1.82) is 0 Å². The highest BCUT2D eigenvalue weighted by Crippen LogP contribution is 2.57. The molecule has 3 fully saturated rings. The minimum absolute atomic E-state index is 0.106. The molecule has 0 N–H and O–H groups in total. The summed E-state index contributed by atoms with van der Waals surface area (Å²) >= 11 is 0. The van der Waals surface area contributed by atoms with Crippen LogP contribution in [-0.2, 0) is 9.53 Å². The zero-order valence-corrected chi connectivity index (χ0v) is 10.5. The molecule has 0 unspecified atom stereocenters. The Morgan fingerprint density at radius 3 is 2.72 bits per heavy atom. The Labute approximate surface area is 107 Å². The van der Waals surface area contributed by atoms with Crippen molar-refractivity contribution >= 4 is 5.91 Å². The normalized spacial score (nSPS) is 41.5. The fraction of sp³-hybridized carbons (Fsp3) is 0.533. The van der Waals surface area contributed by atoms with E-state index in [1.54, 1.807) is 0 Å². The van der Waals surface area contributed by atoms with E-state index in [1.807, 2.05) is 23.1 Å². The standard InChI is InChI=1S/C15H17NO2/c1-15-12-8-7-11(12)14(17)16(15)13(9-18-15)10-5-3-2-4-6-10/h2-6,11-13H,7-9H2,1H3/t11-,12+,13+,15+/m0/s1. The number of nitrogens with zero attached hydrogens (tertiary/aromatic N) is 1. The van der Waals surface area contributed by atoms with Crippen molar-refractivity contribution in [3.8, 4) is 0 Å². The molecule has 0 aromatic heterocycles. The van der Waals surface area contributed by atoms with E-state index in [4.69, 9.17) is 4.74 Å². The summed E-state index contributed by atoms with van der Waals surface area (Å²) in [7, 11) is 0. The van der Waals surface area contributed by atoms with Crippen LogP contribution < -0.4 is 0 Å². The second-order valence-corrected chi connectivity index (χ2v) is 5.79. The summed E-state index contributed by atoms with van der Waals surface area (Å²) in [6.45, 7) is 2.73. The molecule has 2 aliphatic heterocycles. The predicted molar refractivity (Wildman–Crippen MR) is 66.6 cm³/mol. The lowest BCUT2D eigenvalue weighted by Gasteiger charge is -2.37. The first-order valence-corrected chi connectivity index (χ1v) is 6.74. The third-order valence-electron chi connectivity index (χ3n) is 5.02. The topological polar surface area (TPSA) is 29.5 Å². The molecule has 3 nitrogen and oxygen atoms in total. The monoisotopic (exact) mass is 243 g/mol. The van der Waals surface area contributed by atoms with E-state index >= 15 is 0 Å². The summed E-state index contributed by atoms with van der Waals surface area (Å²) in [5.41, 5.74) is 0.844. The van der Waals surface area contributed by atoms with Gasteiger partial charge in [0.2, 0.25) is 5.91 Å². The molecule has 0 spiro atoms. The Morgan fingerprint density at radius 2 is 2.06 bits per heavy atom. The van der Waals surface area contributed by atoms with Crippen LogP contribution in [0.15, 0.2) is 30.3 Å². The van der Waals surface area contributed by atoms with Gasteiger partial charge in [-0.2, -0.15) is 0 Å². The first-order chi connectivity index (χ1) is 8.72. The van der Waals surface area contributed by atoms with Crippen LogP contribution in [0.2, 0.25) is 0 Å². The predicted octanol–water partition coefficient (Wildman–Crippen LogP) is 2.34. The number of amides is 1. The highest BCUT2D eigenvalue weighted by atomic mass is 16.5. The lowest BCUT2D eigenvalue weighted by Crippen LogP contribution is -2.44. The van der Waals surface area contributed by atoms with Crippen molar-refractivity contribution < 1.29 is 9.53 Å². The van der Waals surface area contributed by atoms with Crippen LogP contribution >= 0.6 is 0 Å². The van der Waals surface area contributed by atoms with Crippen molar-refractivity contribution in [3.05, 3.63) is 35.9 Å². The second kappa shape index (κ2) is 3.35. The molecule has 1 aliphatic carbocycles. The van der Waals surface area contributed by atoms with Gasteiger partial charge in [0.1, 0.15) is 5.72 Å². The Hall–Kier alpha value is -1.35. The first-order valence-electron chi connectivity index (χ1n) is 6.74. The van der Waals surface area contributed by atoms with E-state index in [0.29, 0.717) is 18.4 Å². The SMILES string of the molecule is C[C@]12OC[C@H](c3ccccc3)N1C(=O)[C@H]1CC[C@H]12. The van der Waals surface area contributed by atoms with Crippen LogP contribution in [-0.4, -0.2) is 23.1 Å². The quantitative estimate of drug-likeness (QED) is 0.757. The molecule has 94 valence electrons. The number of rotatable bonds is 1. The molecule has 4 atom stereocenters. The Balaban J connectivity index is 1.75. The summed E-state index contributed by atoms with van der Waals surface area (Å²) < 4.78 is 6.04. The van der Waals surface area contributed by atoms with Gasteiger partial charge in [-0.05, 0) is 25.3 Å². The molecule has 1 amide bonds. The van der Waals surface area contributed by atoms with Gasteiger partial charge in [0, 0.05) is 11.8 Å². The van der Waals surface area contributed by atoms with E-state index < -0.39 is 0 Å². The van der Waals surface area contributed by atoms with Crippen LogP contribution in [0.1, 0.15) is 31.4 Å². The van der Waals surface area contributed by atoms with Gasteiger partial charge in [-0.1, -0.05) is 30.3 Å². The molecule has 1 aromatic rings. The Morgan fingerprint density at radius 1 is 1.28 bits per heavy atom. The van der Waals surface area contributed by atoms with Crippen molar-refractivity contribution in [2.75, 3.05) is 6.61 Å².